The maximum atomic E-state index is 12.8. The van der Waals surface area contributed by atoms with Crippen molar-refractivity contribution < 1.29 is 54.1 Å². The van der Waals surface area contributed by atoms with E-state index in [9.17, 15) is 40.2 Å². The smallest absolute Gasteiger partial charge is 0.303 e. The minimum Gasteiger partial charge on any atom is -0.508 e. The van der Waals surface area contributed by atoms with Gasteiger partial charge in [-0.2, -0.15) is 0 Å². The van der Waals surface area contributed by atoms with E-state index in [1.54, 1.807) is 0 Å². The van der Waals surface area contributed by atoms with E-state index in [2.05, 4.69) is 0 Å². The molecule has 3 aromatic rings. The van der Waals surface area contributed by atoms with E-state index in [0.29, 0.717) is 0 Å². The average molecular weight is 476 g/mol. The molecule has 0 radical (unpaired) electrons. The largest absolute Gasteiger partial charge is 0.508 e. The zero-order valence-electron chi connectivity index (χ0n) is 17.5. The van der Waals surface area contributed by atoms with Gasteiger partial charge in [0, 0.05) is 18.6 Å². The summed E-state index contributed by atoms with van der Waals surface area (Å²) in [4.78, 5) is 24.1. The predicted octanol–water partition coefficient (Wildman–Crippen LogP) is 0.671. The van der Waals surface area contributed by atoms with Crippen molar-refractivity contribution in [1.29, 1.82) is 0 Å². The lowest BCUT2D eigenvalue weighted by molar-refractivity contribution is -0.248. The lowest BCUT2D eigenvalue weighted by Gasteiger charge is -2.36. The van der Waals surface area contributed by atoms with Crippen molar-refractivity contribution >= 4 is 16.9 Å². The molecule has 12 heteroatoms. The third-order valence-corrected chi connectivity index (χ3v) is 5.15. The molecule has 0 unspecified atom stereocenters. The molecule has 1 aliphatic rings. The van der Waals surface area contributed by atoms with Crippen LogP contribution in [0.2, 0.25) is 0 Å². The highest BCUT2D eigenvalue weighted by molar-refractivity contribution is 5.93. The van der Waals surface area contributed by atoms with Crippen LogP contribution in [0.4, 0.5) is 0 Å². The number of hydrogen-bond acceptors (Lipinski definition) is 12. The number of rotatable bonds is 4. The van der Waals surface area contributed by atoms with Crippen molar-refractivity contribution in [3.63, 3.8) is 0 Å². The number of esters is 1. The molecule has 0 amide bonds. The fraction of sp³-hybridized carbons (Fsp3) is 0.273. The molecule has 6 N–H and O–H groups in total. The van der Waals surface area contributed by atoms with Crippen molar-refractivity contribution in [2.75, 3.05) is 6.61 Å². The third kappa shape index (κ3) is 4.05. The minimum absolute atomic E-state index is 0.0846. The zero-order valence-corrected chi connectivity index (χ0v) is 17.5. The van der Waals surface area contributed by atoms with Crippen LogP contribution in [0.5, 0.6) is 28.7 Å². The van der Waals surface area contributed by atoms with Crippen molar-refractivity contribution in [3.05, 3.63) is 40.6 Å². The minimum atomic E-state index is -1.71. The molecule has 1 aromatic heterocycles. The van der Waals surface area contributed by atoms with Crippen LogP contribution in [0.3, 0.4) is 0 Å². The van der Waals surface area contributed by atoms with Crippen molar-refractivity contribution in [2.24, 2.45) is 0 Å². The van der Waals surface area contributed by atoms with Gasteiger partial charge in [-0.15, -0.1) is 0 Å². The number of aliphatic hydroxyl groups is 2. The summed E-state index contributed by atoms with van der Waals surface area (Å²) >= 11 is 0. The SMILES string of the molecule is CC(=O)O[C@H]1[C@@H](O)[C@H](Oc2c(O)cc(O)c3c(=O)c(O)c(-c4ccc(O)cc4)oc23)OC[C@H]1O. The molecule has 4 rings (SSSR count). The zero-order chi connectivity index (χ0) is 24.7. The second kappa shape index (κ2) is 8.74. The van der Waals surface area contributed by atoms with Gasteiger partial charge in [0.25, 0.3) is 0 Å². The lowest BCUT2D eigenvalue weighted by Crippen LogP contribution is -2.56. The van der Waals surface area contributed by atoms with Crippen LogP contribution in [0.25, 0.3) is 22.3 Å². The Morgan fingerprint density at radius 3 is 2.38 bits per heavy atom. The number of fused-ring (bicyclic) bond motifs is 1. The summed E-state index contributed by atoms with van der Waals surface area (Å²) in [7, 11) is 0. The first kappa shape index (κ1) is 23.2. The van der Waals surface area contributed by atoms with E-state index >= 15 is 0 Å². The molecular weight excluding hydrogens is 456 g/mol. The Bertz CT molecular complexity index is 1300. The fourth-order valence-electron chi connectivity index (χ4n) is 3.55. The summed E-state index contributed by atoms with van der Waals surface area (Å²) in [6.45, 7) is 0.677. The number of phenolic OH excluding ortho intramolecular Hbond substituents is 3. The highest BCUT2D eigenvalue weighted by Crippen LogP contribution is 2.43. The number of carbonyl (C=O) groups excluding carboxylic acids is 1. The van der Waals surface area contributed by atoms with Crippen LogP contribution in [0.15, 0.2) is 39.5 Å². The molecule has 0 spiro atoms. The van der Waals surface area contributed by atoms with Gasteiger partial charge in [-0.25, -0.2) is 0 Å². The summed E-state index contributed by atoms with van der Waals surface area (Å²) in [5.41, 5.74) is -1.37. The molecule has 1 saturated heterocycles. The molecule has 2 aromatic carbocycles. The Morgan fingerprint density at radius 1 is 1.06 bits per heavy atom. The van der Waals surface area contributed by atoms with E-state index in [-0.39, 0.29) is 17.1 Å². The monoisotopic (exact) mass is 476 g/mol. The Kier molecular flexibility index (Phi) is 5.96. The Morgan fingerprint density at radius 2 is 1.74 bits per heavy atom. The van der Waals surface area contributed by atoms with Gasteiger partial charge in [-0.3, -0.25) is 9.59 Å². The normalized spacial score (nSPS) is 22.4. The van der Waals surface area contributed by atoms with Crippen molar-refractivity contribution in [1.82, 2.24) is 0 Å². The standard InChI is InChI=1S/C22H20O12/c1-8(23)32-19-13(27)7-31-22(17(19)30)34-20-12(26)6-11(25)14-15(28)16(29)18(33-21(14)20)9-2-4-10(24)5-3-9/h2-6,13,17,19,22,24-27,29-30H,7H2,1H3/t13-,17-,19-,22+/m1/s1. The molecule has 180 valence electrons. The number of aliphatic hydroxyl groups excluding tert-OH is 2. The van der Waals surface area contributed by atoms with Crippen molar-refractivity contribution in [2.45, 2.75) is 31.5 Å². The molecule has 0 aliphatic carbocycles. The third-order valence-electron chi connectivity index (χ3n) is 5.15. The Balaban J connectivity index is 1.83. The number of phenols is 3. The maximum absolute atomic E-state index is 12.8. The quantitative estimate of drug-likeness (QED) is 0.288. The van der Waals surface area contributed by atoms with Gasteiger partial charge >= 0.3 is 5.97 Å². The Labute approximate surface area is 190 Å². The first-order valence-corrected chi connectivity index (χ1v) is 9.94. The van der Waals surface area contributed by atoms with Gasteiger partial charge in [-0.1, -0.05) is 0 Å². The van der Waals surface area contributed by atoms with E-state index in [1.807, 2.05) is 0 Å². The van der Waals surface area contributed by atoms with Gasteiger partial charge in [0.1, 0.15) is 23.0 Å². The topological polar surface area (TPSA) is 196 Å². The summed E-state index contributed by atoms with van der Waals surface area (Å²) in [5.74, 6) is -4.03. The van der Waals surface area contributed by atoms with E-state index in [4.69, 9.17) is 18.6 Å². The van der Waals surface area contributed by atoms with Gasteiger partial charge in [0.2, 0.25) is 23.2 Å². The lowest BCUT2D eigenvalue weighted by atomic mass is 10.0. The van der Waals surface area contributed by atoms with Gasteiger partial charge in [0.05, 0.1) is 6.61 Å². The summed E-state index contributed by atoms with van der Waals surface area (Å²) in [6, 6.07) is 6.02. The molecule has 0 bridgehead atoms. The van der Waals surface area contributed by atoms with Crippen LogP contribution < -0.4 is 10.2 Å². The molecule has 12 nitrogen and oxygen atoms in total. The first-order chi connectivity index (χ1) is 16.1. The number of carbonyl (C=O) groups is 1. The number of hydrogen-bond donors (Lipinski definition) is 6. The van der Waals surface area contributed by atoms with E-state index in [0.717, 1.165) is 13.0 Å². The fourth-order valence-corrected chi connectivity index (χ4v) is 3.55. The molecule has 0 saturated carbocycles. The second-order valence-electron chi connectivity index (χ2n) is 7.56. The first-order valence-electron chi connectivity index (χ1n) is 9.94. The van der Waals surface area contributed by atoms with Crippen LogP contribution >= 0.6 is 0 Å². The highest BCUT2D eigenvalue weighted by Gasteiger charge is 2.43. The average Bonchev–Trinajstić information content (AvgIpc) is 2.77. The van der Waals surface area contributed by atoms with E-state index < -0.39 is 76.6 Å². The summed E-state index contributed by atoms with van der Waals surface area (Å²) in [6.07, 6.45) is -6.08. The number of benzene rings is 2. The van der Waals surface area contributed by atoms with Crippen LogP contribution in [-0.2, 0) is 14.3 Å². The molecule has 2 heterocycles. The van der Waals surface area contributed by atoms with Crippen LogP contribution in [-0.4, -0.2) is 67.8 Å². The Hall–Kier alpha value is -4.00. The van der Waals surface area contributed by atoms with Gasteiger partial charge < -0.3 is 49.3 Å². The number of aromatic hydroxyl groups is 4. The molecule has 1 fully saturated rings. The molecular formula is C22H20O12. The van der Waals surface area contributed by atoms with Crippen LogP contribution in [0.1, 0.15) is 6.92 Å². The van der Waals surface area contributed by atoms with E-state index in [1.165, 1.54) is 24.3 Å². The molecule has 4 atom stereocenters. The summed E-state index contributed by atoms with van der Waals surface area (Å²) < 4.78 is 21.3. The predicted molar refractivity (Wildman–Crippen MR) is 113 cm³/mol. The summed E-state index contributed by atoms with van der Waals surface area (Å²) in [5, 5.41) is 60.5. The highest BCUT2D eigenvalue weighted by atomic mass is 16.7. The van der Waals surface area contributed by atoms with Crippen LogP contribution in [0, 0.1) is 0 Å². The second-order valence-corrected chi connectivity index (χ2v) is 7.56. The van der Waals surface area contributed by atoms with Crippen molar-refractivity contribution in [3.8, 4) is 40.1 Å². The number of ether oxygens (including phenoxy) is 3. The maximum Gasteiger partial charge on any atom is 0.303 e. The van der Waals surface area contributed by atoms with Gasteiger partial charge in [-0.05, 0) is 24.3 Å². The molecule has 1 aliphatic heterocycles. The van der Waals surface area contributed by atoms with Gasteiger partial charge in [0.15, 0.2) is 29.3 Å². The molecule has 34 heavy (non-hydrogen) atoms.